The van der Waals surface area contributed by atoms with Crippen molar-refractivity contribution in [3.05, 3.63) is 40.3 Å². The third kappa shape index (κ3) is 5.42. The van der Waals surface area contributed by atoms with Gasteiger partial charge in [0.15, 0.2) is 0 Å². The molecule has 1 aromatic carbocycles. The van der Waals surface area contributed by atoms with Crippen LogP contribution >= 0.6 is 15.9 Å². The molecule has 0 bridgehead atoms. The van der Waals surface area contributed by atoms with Crippen molar-refractivity contribution in [2.24, 2.45) is 0 Å². The Hall–Kier alpha value is -2.72. The minimum atomic E-state index is -0.457. The fraction of sp³-hybridized carbons (Fsp3) is 0.368. The molecule has 0 radical (unpaired) electrons. The fourth-order valence-corrected chi connectivity index (χ4v) is 3.02. The first-order chi connectivity index (χ1) is 14.0. The minimum Gasteiger partial charge on any atom is -0.480 e. The molecule has 1 saturated heterocycles. The Morgan fingerprint density at radius 3 is 2.76 bits per heavy atom. The van der Waals surface area contributed by atoms with Crippen molar-refractivity contribution in [3.63, 3.8) is 0 Å². The molecule has 2 N–H and O–H groups in total. The summed E-state index contributed by atoms with van der Waals surface area (Å²) in [5, 5.41) is 6.05. The molecule has 154 valence electrons. The second kappa shape index (κ2) is 9.66. The van der Waals surface area contributed by atoms with Gasteiger partial charge in [-0.15, -0.1) is 0 Å². The van der Waals surface area contributed by atoms with E-state index in [-0.39, 0.29) is 18.4 Å². The van der Waals surface area contributed by atoms with Crippen LogP contribution in [0.15, 0.2) is 28.9 Å². The second-order valence-corrected chi connectivity index (χ2v) is 7.14. The molecule has 1 fully saturated rings. The molecule has 29 heavy (non-hydrogen) atoms. The molecule has 3 rings (SSSR count). The number of carbonyl (C=O) groups excluding carboxylic acids is 2. The highest BCUT2D eigenvalue weighted by molar-refractivity contribution is 9.10. The fourth-order valence-electron chi connectivity index (χ4n) is 2.67. The van der Waals surface area contributed by atoms with Crippen LogP contribution in [0.25, 0.3) is 0 Å². The van der Waals surface area contributed by atoms with Crippen molar-refractivity contribution in [3.8, 4) is 5.88 Å². The molecule has 2 heterocycles. The maximum atomic E-state index is 12.5. The summed E-state index contributed by atoms with van der Waals surface area (Å²) in [6.45, 7) is 1.31. The lowest BCUT2D eigenvalue weighted by atomic mass is 10.1. The van der Waals surface area contributed by atoms with Crippen LogP contribution in [0.4, 0.5) is 11.4 Å². The zero-order chi connectivity index (χ0) is 20.8. The molecule has 1 atom stereocenters. The van der Waals surface area contributed by atoms with Crippen LogP contribution in [-0.4, -0.2) is 55.3 Å². The number of methoxy groups -OCH3 is 2. The predicted molar refractivity (Wildman–Crippen MR) is 109 cm³/mol. The number of anilines is 2. The number of ether oxygens (including phenoxy) is 3. The van der Waals surface area contributed by atoms with E-state index in [4.69, 9.17) is 14.2 Å². The molecular weight excluding hydrogens is 444 g/mol. The molecule has 2 aromatic rings. The number of carbonyl (C=O) groups is 2. The van der Waals surface area contributed by atoms with E-state index in [1.165, 1.54) is 20.4 Å². The largest absolute Gasteiger partial charge is 0.480 e. The molecule has 1 amide bonds. The Bertz CT molecular complexity index is 904. The van der Waals surface area contributed by atoms with Gasteiger partial charge in [0.2, 0.25) is 11.8 Å². The Kier molecular flexibility index (Phi) is 6.99. The maximum absolute atomic E-state index is 12.5. The van der Waals surface area contributed by atoms with Gasteiger partial charge in [-0.2, -0.15) is 4.98 Å². The van der Waals surface area contributed by atoms with Crippen molar-refractivity contribution in [1.82, 2.24) is 9.97 Å². The summed E-state index contributed by atoms with van der Waals surface area (Å²) < 4.78 is 15.9. The highest BCUT2D eigenvalue weighted by Gasteiger charge is 2.19. The Balaban J connectivity index is 1.73. The summed E-state index contributed by atoms with van der Waals surface area (Å²) in [6.07, 6.45) is 2.58. The number of rotatable bonds is 8. The third-order valence-electron chi connectivity index (χ3n) is 4.30. The van der Waals surface area contributed by atoms with E-state index in [1.807, 2.05) is 0 Å². The first-order valence-electron chi connectivity index (χ1n) is 8.93. The molecule has 0 spiro atoms. The summed E-state index contributed by atoms with van der Waals surface area (Å²) >= 11 is 3.28. The quantitative estimate of drug-likeness (QED) is 0.572. The summed E-state index contributed by atoms with van der Waals surface area (Å²) in [6, 6.07) is 4.88. The van der Waals surface area contributed by atoms with Crippen molar-refractivity contribution in [2.75, 3.05) is 38.0 Å². The minimum absolute atomic E-state index is 0.0342. The highest BCUT2D eigenvalue weighted by atomic mass is 79.9. The van der Waals surface area contributed by atoms with Crippen LogP contribution < -0.4 is 15.4 Å². The topological polar surface area (TPSA) is 112 Å². The van der Waals surface area contributed by atoms with Gasteiger partial charge < -0.3 is 24.8 Å². The van der Waals surface area contributed by atoms with Crippen LogP contribution in [0.5, 0.6) is 5.88 Å². The van der Waals surface area contributed by atoms with E-state index in [0.29, 0.717) is 39.7 Å². The first-order valence-corrected chi connectivity index (χ1v) is 9.72. The van der Waals surface area contributed by atoms with Crippen LogP contribution in [0, 0.1) is 0 Å². The molecule has 0 saturated carbocycles. The van der Waals surface area contributed by atoms with E-state index >= 15 is 0 Å². The average molecular weight is 465 g/mol. The Labute approximate surface area is 176 Å². The highest BCUT2D eigenvalue weighted by Crippen LogP contribution is 2.25. The summed E-state index contributed by atoms with van der Waals surface area (Å²) in [5.41, 5.74) is 1.51. The van der Waals surface area contributed by atoms with Gasteiger partial charge in [0.1, 0.15) is 5.82 Å². The lowest BCUT2D eigenvalue weighted by Crippen LogP contribution is -2.33. The first kappa shape index (κ1) is 21.0. The SMILES string of the molecule is COC(=O)c1ccc(NC(=O)Cc2ncc(Br)c(OC)n2)c(NC[C@@H]2CCO2)c1. The van der Waals surface area contributed by atoms with Gasteiger partial charge in [-0.1, -0.05) is 0 Å². The number of nitrogens with one attached hydrogen (secondary N) is 2. The van der Waals surface area contributed by atoms with Gasteiger partial charge in [-0.05, 0) is 40.5 Å². The lowest BCUT2D eigenvalue weighted by Gasteiger charge is -2.27. The second-order valence-electron chi connectivity index (χ2n) is 6.28. The number of hydrogen-bond donors (Lipinski definition) is 2. The van der Waals surface area contributed by atoms with E-state index in [2.05, 4.69) is 36.5 Å². The van der Waals surface area contributed by atoms with E-state index in [9.17, 15) is 9.59 Å². The summed E-state index contributed by atoms with van der Waals surface area (Å²) in [4.78, 5) is 32.7. The van der Waals surface area contributed by atoms with Crippen molar-refractivity contribution in [1.29, 1.82) is 0 Å². The predicted octanol–water partition coefficient (Wildman–Crippen LogP) is 2.42. The zero-order valence-corrected chi connectivity index (χ0v) is 17.6. The molecule has 1 aliphatic heterocycles. The number of hydrogen-bond acceptors (Lipinski definition) is 8. The van der Waals surface area contributed by atoms with Gasteiger partial charge in [0.25, 0.3) is 0 Å². The number of halogens is 1. The molecule has 0 unspecified atom stereocenters. The Morgan fingerprint density at radius 1 is 1.31 bits per heavy atom. The zero-order valence-electron chi connectivity index (χ0n) is 16.0. The van der Waals surface area contributed by atoms with Gasteiger partial charge in [0.05, 0.1) is 48.2 Å². The van der Waals surface area contributed by atoms with Crippen LogP contribution in [-0.2, 0) is 20.7 Å². The van der Waals surface area contributed by atoms with Crippen molar-refractivity contribution < 1.29 is 23.8 Å². The number of nitrogens with zero attached hydrogens (tertiary/aromatic N) is 2. The summed E-state index contributed by atoms with van der Waals surface area (Å²) in [5.74, 6) is -0.0801. The van der Waals surface area contributed by atoms with Gasteiger partial charge in [-0.3, -0.25) is 4.79 Å². The smallest absolute Gasteiger partial charge is 0.337 e. The molecule has 9 nitrogen and oxygen atoms in total. The number of benzene rings is 1. The molecule has 10 heteroatoms. The monoisotopic (exact) mass is 464 g/mol. The van der Waals surface area contributed by atoms with E-state index in [0.717, 1.165) is 13.0 Å². The normalized spacial score (nSPS) is 15.2. The van der Waals surface area contributed by atoms with E-state index in [1.54, 1.807) is 18.2 Å². The number of esters is 1. The summed E-state index contributed by atoms with van der Waals surface area (Å²) in [7, 11) is 2.81. The van der Waals surface area contributed by atoms with Gasteiger partial charge >= 0.3 is 5.97 Å². The van der Waals surface area contributed by atoms with Crippen molar-refractivity contribution >= 4 is 39.2 Å². The van der Waals surface area contributed by atoms with Gasteiger partial charge in [-0.25, -0.2) is 9.78 Å². The molecular formula is C19H21BrN4O5. The van der Waals surface area contributed by atoms with Crippen LogP contribution in [0.2, 0.25) is 0 Å². The number of aromatic nitrogens is 2. The van der Waals surface area contributed by atoms with Crippen LogP contribution in [0.1, 0.15) is 22.6 Å². The molecule has 0 aliphatic carbocycles. The standard InChI is InChI=1S/C19H21BrN4O5/c1-27-18-13(20)10-22-16(24-18)8-17(25)23-14-4-3-11(19(26)28-2)7-15(14)21-9-12-5-6-29-12/h3-4,7,10,12,21H,5-6,8-9H2,1-2H3,(H,23,25)/t12-/m0/s1. The van der Waals surface area contributed by atoms with Crippen molar-refractivity contribution in [2.45, 2.75) is 18.9 Å². The van der Waals surface area contributed by atoms with Gasteiger partial charge in [0, 0.05) is 19.3 Å². The third-order valence-corrected chi connectivity index (χ3v) is 4.85. The average Bonchev–Trinajstić information content (AvgIpc) is 2.68. The molecule has 1 aromatic heterocycles. The van der Waals surface area contributed by atoms with Crippen LogP contribution in [0.3, 0.4) is 0 Å². The van der Waals surface area contributed by atoms with E-state index < -0.39 is 5.97 Å². The Morgan fingerprint density at radius 2 is 2.10 bits per heavy atom. The molecule has 1 aliphatic rings. The number of amides is 1. The maximum Gasteiger partial charge on any atom is 0.337 e. The lowest BCUT2D eigenvalue weighted by molar-refractivity contribution is -0.115.